The molecule has 12 nitrogen and oxygen atoms in total. The first-order valence-electron chi connectivity index (χ1n) is 11.1. The summed E-state index contributed by atoms with van der Waals surface area (Å²) in [6.07, 6.45) is 1.08. The summed E-state index contributed by atoms with van der Waals surface area (Å²) in [6, 6.07) is 2.71. The molecule has 0 saturated carbocycles. The van der Waals surface area contributed by atoms with Gasteiger partial charge in [0.1, 0.15) is 18.1 Å². The second-order valence-corrected chi connectivity index (χ2v) is 8.69. The van der Waals surface area contributed by atoms with Crippen LogP contribution in [0.5, 0.6) is 0 Å². The quantitative estimate of drug-likeness (QED) is 0.200. The molecule has 0 radical (unpaired) electrons. The van der Waals surface area contributed by atoms with E-state index in [-0.39, 0.29) is 12.3 Å². The Balaban J connectivity index is 2.24. The molecule has 2 aromatic rings. The molecule has 1 aromatic heterocycles. The summed E-state index contributed by atoms with van der Waals surface area (Å²) in [5.41, 5.74) is 12.4. The molecule has 0 saturated heterocycles. The van der Waals surface area contributed by atoms with Gasteiger partial charge in [0.05, 0.1) is 12.5 Å². The van der Waals surface area contributed by atoms with Crippen molar-refractivity contribution < 1.29 is 29.1 Å². The molecule has 12 heteroatoms. The molecule has 0 aliphatic carbocycles. The summed E-state index contributed by atoms with van der Waals surface area (Å²) in [7, 11) is 0. The fourth-order valence-corrected chi connectivity index (χ4v) is 3.38. The minimum atomic E-state index is -1.57. The second-order valence-electron chi connectivity index (χ2n) is 8.69. The Morgan fingerprint density at radius 1 is 0.943 bits per heavy atom. The fourth-order valence-electron chi connectivity index (χ4n) is 3.38. The molecule has 190 valence electrons. The summed E-state index contributed by atoms with van der Waals surface area (Å²) in [5.74, 6) is -4.52. The molecule has 35 heavy (non-hydrogen) atoms. The van der Waals surface area contributed by atoms with Crippen molar-refractivity contribution in [1.29, 1.82) is 0 Å². The van der Waals surface area contributed by atoms with Crippen LogP contribution in [-0.4, -0.2) is 63.9 Å². The number of amides is 4. The van der Waals surface area contributed by atoms with E-state index in [0.717, 1.165) is 10.9 Å². The van der Waals surface area contributed by atoms with Crippen molar-refractivity contribution in [2.24, 2.45) is 17.4 Å². The molecule has 4 atom stereocenters. The molecule has 0 fully saturated rings. The number of carbonyl (C=O) groups is 5. The number of nitrogens with one attached hydrogen (secondary N) is 4. The highest BCUT2D eigenvalue weighted by Crippen LogP contribution is 2.19. The topological polar surface area (TPSA) is 209 Å². The minimum absolute atomic E-state index is 0.0106. The van der Waals surface area contributed by atoms with E-state index in [9.17, 15) is 29.1 Å². The van der Waals surface area contributed by atoms with Crippen molar-refractivity contribution >= 4 is 40.5 Å². The Morgan fingerprint density at radius 3 is 2.17 bits per heavy atom. The van der Waals surface area contributed by atoms with Crippen molar-refractivity contribution in [3.8, 4) is 0 Å². The van der Waals surface area contributed by atoms with Crippen molar-refractivity contribution in [2.45, 2.75) is 57.8 Å². The Labute approximate surface area is 202 Å². The molecule has 1 heterocycles. The van der Waals surface area contributed by atoms with Crippen LogP contribution in [0.25, 0.3) is 10.9 Å². The van der Waals surface area contributed by atoms with Crippen LogP contribution >= 0.6 is 0 Å². The van der Waals surface area contributed by atoms with E-state index in [1.807, 2.05) is 24.3 Å². The van der Waals surface area contributed by atoms with Crippen LogP contribution in [0.4, 0.5) is 0 Å². The number of benzene rings is 1. The summed E-state index contributed by atoms with van der Waals surface area (Å²) >= 11 is 0. The third kappa shape index (κ3) is 7.54. The maximum absolute atomic E-state index is 13.0. The van der Waals surface area contributed by atoms with Crippen LogP contribution in [0, 0.1) is 5.92 Å². The van der Waals surface area contributed by atoms with Gasteiger partial charge in [0.25, 0.3) is 0 Å². The number of nitrogens with two attached hydrogens (primary N) is 2. The van der Waals surface area contributed by atoms with E-state index in [1.54, 1.807) is 20.0 Å². The lowest BCUT2D eigenvalue weighted by molar-refractivity contribution is -0.143. The van der Waals surface area contributed by atoms with Gasteiger partial charge in [0.2, 0.25) is 23.6 Å². The highest BCUT2D eigenvalue weighted by atomic mass is 16.4. The monoisotopic (exact) mass is 488 g/mol. The number of carboxylic acid groups (broad SMARTS) is 1. The maximum atomic E-state index is 13.0. The number of rotatable bonds is 12. The molecule has 9 N–H and O–H groups in total. The number of fused-ring (bicyclic) bond motifs is 1. The molecule has 0 aliphatic rings. The predicted octanol–water partition coefficient (Wildman–Crippen LogP) is -0.872. The average molecular weight is 489 g/mol. The molecular weight excluding hydrogens is 456 g/mol. The average Bonchev–Trinajstić information content (AvgIpc) is 3.19. The van der Waals surface area contributed by atoms with E-state index >= 15 is 0 Å². The summed E-state index contributed by atoms with van der Waals surface area (Å²) < 4.78 is 0. The molecule has 4 unspecified atom stereocenters. The van der Waals surface area contributed by atoms with Crippen LogP contribution in [0.1, 0.15) is 32.8 Å². The number of aromatic amines is 1. The van der Waals surface area contributed by atoms with Gasteiger partial charge >= 0.3 is 5.97 Å². The summed E-state index contributed by atoms with van der Waals surface area (Å²) in [5, 5.41) is 17.5. The Kier molecular flexibility index (Phi) is 9.34. The number of H-pyrrole nitrogens is 1. The van der Waals surface area contributed by atoms with Crippen molar-refractivity contribution in [3.05, 3.63) is 36.0 Å². The fraction of sp³-hybridized carbons (Fsp3) is 0.435. The first-order chi connectivity index (χ1) is 16.4. The number of hydrogen-bond acceptors (Lipinski definition) is 6. The number of carbonyl (C=O) groups excluding carboxylic acids is 4. The van der Waals surface area contributed by atoms with Crippen LogP contribution in [0.3, 0.4) is 0 Å². The normalized spacial score (nSPS) is 14.5. The smallest absolute Gasteiger partial charge is 0.326 e. The Morgan fingerprint density at radius 2 is 1.57 bits per heavy atom. The van der Waals surface area contributed by atoms with Gasteiger partial charge in [-0.05, 0) is 24.5 Å². The third-order valence-electron chi connectivity index (χ3n) is 5.52. The van der Waals surface area contributed by atoms with Crippen molar-refractivity contribution in [1.82, 2.24) is 20.9 Å². The lowest BCUT2D eigenvalue weighted by Gasteiger charge is -2.24. The van der Waals surface area contributed by atoms with Gasteiger partial charge in [0.15, 0.2) is 0 Å². The molecule has 0 bridgehead atoms. The highest BCUT2D eigenvalue weighted by molar-refractivity contribution is 5.95. The van der Waals surface area contributed by atoms with Crippen molar-refractivity contribution in [2.75, 3.05) is 0 Å². The largest absolute Gasteiger partial charge is 0.480 e. The minimum Gasteiger partial charge on any atom is -0.480 e. The van der Waals surface area contributed by atoms with Crippen LogP contribution in [-0.2, 0) is 30.4 Å². The maximum Gasteiger partial charge on any atom is 0.326 e. The number of carboxylic acids is 1. The molecule has 1 aromatic carbocycles. The summed E-state index contributed by atoms with van der Waals surface area (Å²) in [4.78, 5) is 63.9. The Bertz CT molecular complexity index is 1100. The van der Waals surface area contributed by atoms with Crippen LogP contribution in [0.2, 0.25) is 0 Å². The Hall–Kier alpha value is -3.93. The van der Waals surface area contributed by atoms with Gasteiger partial charge < -0.3 is 37.5 Å². The molecule has 0 aliphatic heterocycles. The van der Waals surface area contributed by atoms with E-state index in [0.29, 0.717) is 5.56 Å². The number of aliphatic carboxylic acids is 1. The SMILES string of the molecule is CC(NC(=O)C(N)C(C)C)C(=O)NC(Cc1c[nH]c2ccccc12)C(=O)NC(CC(N)=O)C(=O)O. The number of para-hydroxylation sites is 1. The second kappa shape index (κ2) is 12.0. The van der Waals surface area contributed by atoms with Gasteiger partial charge in [-0.2, -0.15) is 0 Å². The highest BCUT2D eigenvalue weighted by Gasteiger charge is 2.30. The van der Waals surface area contributed by atoms with Crippen LogP contribution < -0.4 is 27.4 Å². The molecule has 0 spiro atoms. The zero-order chi connectivity index (χ0) is 26.3. The number of primary amides is 1. The third-order valence-corrected chi connectivity index (χ3v) is 5.52. The van der Waals surface area contributed by atoms with Gasteiger partial charge in [-0.15, -0.1) is 0 Å². The predicted molar refractivity (Wildman–Crippen MR) is 128 cm³/mol. The zero-order valence-electron chi connectivity index (χ0n) is 19.8. The van der Waals surface area contributed by atoms with Gasteiger partial charge in [0, 0.05) is 23.5 Å². The van der Waals surface area contributed by atoms with Gasteiger partial charge in [-0.3, -0.25) is 19.2 Å². The standard InChI is InChI=1S/C23H32N6O6/c1-11(2)19(25)22(33)27-12(3)20(31)28-16(21(32)29-17(23(34)35)9-18(24)30)8-13-10-26-15-7-5-4-6-14(13)15/h4-7,10-12,16-17,19,26H,8-9,25H2,1-3H3,(H2,24,30)(H,27,33)(H,28,31)(H,29,32)(H,34,35). The lowest BCUT2D eigenvalue weighted by atomic mass is 10.0. The van der Waals surface area contributed by atoms with Crippen LogP contribution in [0.15, 0.2) is 30.5 Å². The number of hydrogen-bond donors (Lipinski definition) is 7. The molecule has 2 rings (SSSR count). The summed E-state index contributed by atoms with van der Waals surface area (Å²) in [6.45, 7) is 4.97. The first-order valence-corrected chi connectivity index (χ1v) is 11.1. The van der Waals surface area contributed by atoms with Gasteiger partial charge in [-0.1, -0.05) is 32.0 Å². The van der Waals surface area contributed by atoms with E-state index in [4.69, 9.17) is 11.5 Å². The van der Waals surface area contributed by atoms with E-state index in [1.165, 1.54) is 6.92 Å². The van der Waals surface area contributed by atoms with Crippen molar-refractivity contribution in [3.63, 3.8) is 0 Å². The first kappa shape index (κ1) is 27.3. The van der Waals surface area contributed by atoms with E-state index < -0.39 is 60.2 Å². The number of aromatic nitrogens is 1. The van der Waals surface area contributed by atoms with E-state index in [2.05, 4.69) is 20.9 Å². The zero-order valence-corrected chi connectivity index (χ0v) is 19.8. The molecule has 4 amide bonds. The van der Waals surface area contributed by atoms with Gasteiger partial charge in [-0.25, -0.2) is 4.79 Å². The lowest BCUT2D eigenvalue weighted by Crippen LogP contribution is -2.57. The molecular formula is C23H32N6O6.